The van der Waals surface area contributed by atoms with Gasteiger partial charge in [-0.1, -0.05) is 18.2 Å². The fourth-order valence-electron chi connectivity index (χ4n) is 2.74. The van der Waals surface area contributed by atoms with Gasteiger partial charge >= 0.3 is 0 Å². The Bertz CT molecular complexity index is 607. The van der Waals surface area contributed by atoms with Gasteiger partial charge in [-0.05, 0) is 18.6 Å². The molecular formula is C17H23N3O3. The van der Waals surface area contributed by atoms with Crippen LogP contribution in [0.3, 0.4) is 0 Å². The Morgan fingerprint density at radius 3 is 2.09 bits per heavy atom. The second-order valence-electron chi connectivity index (χ2n) is 5.78. The van der Waals surface area contributed by atoms with Gasteiger partial charge in [0.1, 0.15) is 6.54 Å². The molecule has 0 bridgehead atoms. The molecule has 1 fully saturated rings. The van der Waals surface area contributed by atoms with E-state index in [0.29, 0.717) is 26.2 Å². The average Bonchev–Trinajstić information content (AvgIpc) is 2.53. The number of carbonyl (C=O) groups is 3. The van der Waals surface area contributed by atoms with E-state index in [-0.39, 0.29) is 24.3 Å². The van der Waals surface area contributed by atoms with E-state index in [1.807, 2.05) is 31.2 Å². The van der Waals surface area contributed by atoms with Crippen LogP contribution in [0, 0.1) is 6.92 Å². The highest BCUT2D eigenvalue weighted by Gasteiger charge is 2.25. The summed E-state index contributed by atoms with van der Waals surface area (Å²) >= 11 is 0. The molecule has 0 aromatic heterocycles. The standard InChI is InChI=1S/C17H23N3O3/c1-13-6-4-5-7-16(13)20(15(3)22)12-17(23)19-10-8-18(9-11-19)14(2)21/h4-7H,8-12H2,1-3H3. The highest BCUT2D eigenvalue weighted by atomic mass is 16.2. The van der Waals surface area contributed by atoms with Crippen LogP contribution in [0.1, 0.15) is 19.4 Å². The molecule has 0 spiro atoms. The second kappa shape index (κ2) is 7.26. The molecule has 1 aromatic rings. The van der Waals surface area contributed by atoms with Crippen molar-refractivity contribution in [1.82, 2.24) is 9.80 Å². The summed E-state index contributed by atoms with van der Waals surface area (Å²) in [5.74, 6) is -0.218. The summed E-state index contributed by atoms with van der Waals surface area (Å²) in [4.78, 5) is 40.8. The van der Waals surface area contributed by atoms with E-state index < -0.39 is 0 Å². The van der Waals surface area contributed by atoms with Crippen LogP contribution in [0.25, 0.3) is 0 Å². The Kier molecular flexibility index (Phi) is 5.36. The number of piperazine rings is 1. The number of hydrogen-bond donors (Lipinski definition) is 0. The fourth-order valence-corrected chi connectivity index (χ4v) is 2.74. The van der Waals surface area contributed by atoms with Crippen LogP contribution in [-0.4, -0.2) is 60.2 Å². The summed E-state index contributed by atoms with van der Waals surface area (Å²) in [6.07, 6.45) is 0. The molecule has 1 aliphatic heterocycles. The Morgan fingerprint density at radius 1 is 1.00 bits per heavy atom. The highest BCUT2D eigenvalue weighted by Crippen LogP contribution is 2.19. The number of para-hydroxylation sites is 1. The van der Waals surface area contributed by atoms with Crippen molar-refractivity contribution in [3.63, 3.8) is 0 Å². The summed E-state index contributed by atoms with van der Waals surface area (Å²) in [5.41, 5.74) is 1.72. The Balaban J connectivity index is 2.04. The number of carbonyl (C=O) groups excluding carboxylic acids is 3. The van der Waals surface area contributed by atoms with E-state index in [0.717, 1.165) is 11.3 Å². The Hall–Kier alpha value is -2.37. The largest absolute Gasteiger partial charge is 0.339 e. The van der Waals surface area contributed by atoms with Gasteiger partial charge in [-0.3, -0.25) is 14.4 Å². The van der Waals surface area contributed by atoms with E-state index in [1.54, 1.807) is 9.80 Å². The second-order valence-corrected chi connectivity index (χ2v) is 5.78. The third kappa shape index (κ3) is 4.09. The maximum Gasteiger partial charge on any atom is 0.242 e. The molecule has 3 amide bonds. The van der Waals surface area contributed by atoms with E-state index in [4.69, 9.17) is 0 Å². The normalized spacial score (nSPS) is 14.6. The molecule has 1 heterocycles. The minimum atomic E-state index is -0.157. The fraction of sp³-hybridized carbons (Fsp3) is 0.471. The maximum absolute atomic E-state index is 12.5. The van der Waals surface area contributed by atoms with Gasteiger partial charge in [-0.15, -0.1) is 0 Å². The monoisotopic (exact) mass is 317 g/mol. The SMILES string of the molecule is CC(=O)N1CCN(C(=O)CN(C(C)=O)c2ccccc2C)CC1. The summed E-state index contributed by atoms with van der Waals surface area (Å²) in [7, 11) is 0. The molecular weight excluding hydrogens is 294 g/mol. The van der Waals surface area contributed by atoms with E-state index in [2.05, 4.69) is 0 Å². The van der Waals surface area contributed by atoms with Crippen LogP contribution in [0.5, 0.6) is 0 Å². The lowest BCUT2D eigenvalue weighted by Crippen LogP contribution is -2.52. The van der Waals surface area contributed by atoms with Crippen molar-refractivity contribution >= 4 is 23.4 Å². The van der Waals surface area contributed by atoms with Gasteiger partial charge in [0.2, 0.25) is 17.7 Å². The molecule has 124 valence electrons. The third-order valence-corrected chi connectivity index (χ3v) is 4.16. The van der Waals surface area contributed by atoms with E-state index >= 15 is 0 Å². The molecule has 0 N–H and O–H groups in total. The zero-order valence-electron chi connectivity index (χ0n) is 13.9. The predicted octanol–water partition coefficient (Wildman–Crippen LogP) is 1.04. The summed E-state index contributed by atoms with van der Waals surface area (Å²) < 4.78 is 0. The smallest absolute Gasteiger partial charge is 0.242 e. The van der Waals surface area contributed by atoms with Crippen molar-refractivity contribution in [2.75, 3.05) is 37.6 Å². The molecule has 6 heteroatoms. The molecule has 23 heavy (non-hydrogen) atoms. The van der Waals surface area contributed by atoms with Crippen LogP contribution in [0.2, 0.25) is 0 Å². The summed E-state index contributed by atoms with van der Waals surface area (Å²) in [6, 6.07) is 7.52. The minimum Gasteiger partial charge on any atom is -0.339 e. The van der Waals surface area contributed by atoms with Gasteiger partial charge in [0.25, 0.3) is 0 Å². The highest BCUT2D eigenvalue weighted by molar-refractivity contribution is 5.98. The van der Waals surface area contributed by atoms with Crippen LogP contribution in [0.15, 0.2) is 24.3 Å². The summed E-state index contributed by atoms with van der Waals surface area (Å²) in [6.45, 7) is 7.06. The lowest BCUT2D eigenvalue weighted by atomic mass is 10.1. The van der Waals surface area contributed by atoms with Crippen molar-refractivity contribution in [3.05, 3.63) is 29.8 Å². The number of amides is 3. The summed E-state index contributed by atoms with van der Waals surface area (Å²) in [5, 5.41) is 0. The number of benzene rings is 1. The first-order chi connectivity index (χ1) is 10.9. The van der Waals surface area contributed by atoms with Crippen LogP contribution >= 0.6 is 0 Å². The molecule has 1 aromatic carbocycles. The topological polar surface area (TPSA) is 60.9 Å². The minimum absolute atomic E-state index is 0.0280. The number of hydrogen-bond acceptors (Lipinski definition) is 3. The molecule has 0 atom stereocenters. The van der Waals surface area contributed by atoms with Crippen LogP contribution in [0.4, 0.5) is 5.69 Å². The lowest BCUT2D eigenvalue weighted by Gasteiger charge is -2.35. The van der Waals surface area contributed by atoms with Crippen molar-refractivity contribution in [2.45, 2.75) is 20.8 Å². The van der Waals surface area contributed by atoms with Crippen molar-refractivity contribution in [1.29, 1.82) is 0 Å². The molecule has 0 radical (unpaired) electrons. The number of anilines is 1. The first kappa shape index (κ1) is 17.0. The molecule has 0 saturated carbocycles. The first-order valence-corrected chi connectivity index (χ1v) is 7.77. The van der Waals surface area contributed by atoms with E-state index in [1.165, 1.54) is 18.7 Å². The van der Waals surface area contributed by atoms with Crippen molar-refractivity contribution < 1.29 is 14.4 Å². The van der Waals surface area contributed by atoms with Crippen LogP contribution in [-0.2, 0) is 14.4 Å². The van der Waals surface area contributed by atoms with Gasteiger partial charge < -0.3 is 14.7 Å². The zero-order chi connectivity index (χ0) is 17.0. The Labute approximate surface area is 136 Å². The van der Waals surface area contributed by atoms with Gasteiger partial charge in [0.15, 0.2) is 0 Å². The van der Waals surface area contributed by atoms with Crippen LogP contribution < -0.4 is 4.90 Å². The predicted molar refractivity (Wildman–Crippen MR) is 88.0 cm³/mol. The average molecular weight is 317 g/mol. The zero-order valence-corrected chi connectivity index (χ0v) is 13.9. The van der Waals surface area contributed by atoms with Gasteiger partial charge in [0.05, 0.1) is 0 Å². The van der Waals surface area contributed by atoms with Crippen molar-refractivity contribution in [3.8, 4) is 0 Å². The van der Waals surface area contributed by atoms with Gasteiger partial charge in [-0.25, -0.2) is 0 Å². The molecule has 1 aliphatic rings. The maximum atomic E-state index is 12.5. The quantitative estimate of drug-likeness (QED) is 0.837. The number of aryl methyl sites for hydroxylation is 1. The Morgan fingerprint density at radius 2 is 1.57 bits per heavy atom. The number of rotatable bonds is 3. The molecule has 0 aliphatic carbocycles. The van der Waals surface area contributed by atoms with E-state index in [9.17, 15) is 14.4 Å². The lowest BCUT2D eigenvalue weighted by molar-refractivity contribution is -0.137. The first-order valence-electron chi connectivity index (χ1n) is 7.77. The third-order valence-electron chi connectivity index (χ3n) is 4.16. The molecule has 6 nitrogen and oxygen atoms in total. The van der Waals surface area contributed by atoms with Gasteiger partial charge in [-0.2, -0.15) is 0 Å². The molecule has 2 rings (SSSR count). The molecule has 0 unspecified atom stereocenters. The number of nitrogens with zero attached hydrogens (tertiary/aromatic N) is 3. The van der Waals surface area contributed by atoms with Crippen molar-refractivity contribution in [2.24, 2.45) is 0 Å². The molecule has 1 saturated heterocycles. The van der Waals surface area contributed by atoms with Gasteiger partial charge in [0, 0.05) is 45.7 Å².